The van der Waals surface area contributed by atoms with Crippen LogP contribution in [0.1, 0.15) is 12.5 Å². The van der Waals surface area contributed by atoms with Crippen LogP contribution in [0.3, 0.4) is 0 Å². The van der Waals surface area contributed by atoms with E-state index in [9.17, 15) is 12.8 Å². The fraction of sp³-hybridized carbons (Fsp3) is 0.333. The highest BCUT2D eigenvalue weighted by atomic mass is 32.2. The highest BCUT2D eigenvalue weighted by molar-refractivity contribution is 7.91. The average molecular weight is 202 g/mol. The molecule has 0 atom stereocenters. The zero-order chi connectivity index (χ0) is 10.1. The van der Waals surface area contributed by atoms with E-state index >= 15 is 0 Å². The van der Waals surface area contributed by atoms with E-state index in [2.05, 4.69) is 0 Å². The van der Waals surface area contributed by atoms with Gasteiger partial charge in [0.25, 0.3) is 0 Å². The molecule has 1 aromatic rings. The molecule has 0 fully saturated rings. The van der Waals surface area contributed by atoms with Gasteiger partial charge in [-0.3, -0.25) is 0 Å². The molecule has 0 unspecified atom stereocenters. The fourth-order valence-corrected chi connectivity index (χ4v) is 2.24. The second-order valence-electron chi connectivity index (χ2n) is 2.77. The van der Waals surface area contributed by atoms with E-state index < -0.39 is 15.7 Å². The largest absolute Gasteiger partial charge is 0.224 e. The summed E-state index contributed by atoms with van der Waals surface area (Å²) in [6.45, 7) is 3.01. The Balaban J connectivity index is 3.40. The van der Waals surface area contributed by atoms with Crippen molar-refractivity contribution in [2.24, 2.45) is 0 Å². The van der Waals surface area contributed by atoms with Crippen LogP contribution < -0.4 is 0 Å². The van der Waals surface area contributed by atoms with Crippen molar-refractivity contribution in [1.29, 1.82) is 0 Å². The molecule has 0 spiro atoms. The molecule has 0 saturated carbocycles. The second kappa shape index (κ2) is 3.46. The molecule has 0 aliphatic heterocycles. The third kappa shape index (κ3) is 1.88. The van der Waals surface area contributed by atoms with Crippen LogP contribution in [0.2, 0.25) is 0 Å². The number of halogens is 1. The van der Waals surface area contributed by atoms with E-state index in [1.165, 1.54) is 25.1 Å². The first-order chi connectivity index (χ1) is 5.99. The summed E-state index contributed by atoms with van der Waals surface area (Å²) in [5.41, 5.74) is 0.198. The van der Waals surface area contributed by atoms with Gasteiger partial charge in [-0.25, -0.2) is 12.8 Å². The van der Waals surface area contributed by atoms with Crippen LogP contribution in [0.25, 0.3) is 0 Å². The number of benzene rings is 1. The Morgan fingerprint density at radius 2 is 2.00 bits per heavy atom. The monoisotopic (exact) mass is 202 g/mol. The summed E-state index contributed by atoms with van der Waals surface area (Å²) in [6.07, 6.45) is 0. The van der Waals surface area contributed by atoms with Gasteiger partial charge in [0, 0.05) is 5.56 Å². The van der Waals surface area contributed by atoms with Gasteiger partial charge in [-0.15, -0.1) is 0 Å². The molecule has 0 aliphatic carbocycles. The molecule has 2 nitrogen and oxygen atoms in total. The molecular formula is C9H11FO2S. The van der Waals surface area contributed by atoms with Gasteiger partial charge in [0.2, 0.25) is 0 Å². The Morgan fingerprint density at radius 3 is 2.54 bits per heavy atom. The maximum atomic E-state index is 13.0. The van der Waals surface area contributed by atoms with E-state index in [1.54, 1.807) is 6.92 Å². The van der Waals surface area contributed by atoms with Crippen molar-refractivity contribution in [3.05, 3.63) is 29.6 Å². The minimum atomic E-state index is -3.29. The molecule has 0 N–H and O–H groups in total. The summed E-state index contributed by atoms with van der Waals surface area (Å²) in [7, 11) is -3.29. The van der Waals surface area contributed by atoms with Gasteiger partial charge in [-0.2, -0.15) is 0 Å². The van der Waals surface area contributed by atoms with Gasteiger partial charge >= 0.3 is 0 Å². The molecule has 1 rings (SSSR count). The van der Waals surface area contributed by atoms with E-state index in [4.69, 9.17) is 0 Å². The summed E-state index contributed by atoms with van der Waals surface area (Å²) in [6, 6.07) is 4.09. The smallest absolute Gasteiger partial charge is 0.178 e. The fourth-order valence-electron chi connectivity index (χ4n) is 1.08. The lowest BCUT2D eigenvalue weighted by atomic mass is 10.2. The van der Waals surface area contributed by atoms with Gasteiger partial charge in [-0.1, -0.05) is 13.0 Å². The van der Waals surface area contributed by atoms with Crippen molar-refractivity contribution in [2.45, 2.75) is 18.7 Å². The summed E-state index contributed by atoms with van der Waals surface area (Å²) in [5, 5.41) is 0. The Bertz CT molecular complexity index is 410. The summed E-state index contributed by atoms with van der Waals surface area (Å²) >= 11 is 0. The van der Waals surface area contributed by atoms with Crippen LogP contribution in [-0.2, 0) is 9.84 Å². The quantitative estimate of drug-likeness (QED) is 0.734. The number of sulfone groups is 1. The predicted octanol–water partition coefficient (Wildman–Crippen LogP) is 1.93. The van der Waals surface area contributed by atoms with E-state index in [1.807, 2.05) is 0 Å². The lowest BCUT2D eigenvalue weighted by Crippen LogP contribution is -2.06. The number of hydrogen-bond acceptors (Lipinski definition) is 2. The molecule has 4 heteroatoms. The first-order valence-electron chi connectivity index (χ1n) is 3.97. The maximum absolute atomic E-state index is 13.0. The SMILES string of the molecule is CCS(=O)(=O)c1cccc(F)c1C. The molecule has 0 saturated heterocycles. The lowest BCUT2D eigenvalue weighted by molar-refractivity contribution is 0.587. The van der Waals surface area contributed by atoms with Crippen molar-refractivity contribution >= 4 is 9.84 Å². The Labute approximate surface area is 77.3 Å². The lowest BCUT2D eigenvalue weighted by Gasteiger charge is -2.05. The predicted molar refractivity (Wildman–Crippen MR) is 48.9 cm³/mol. The minimum Gasteiger partial charge on any atom is -0.224 e. The molecule has 0 bridgehead atoms. The molecular weight excluding hydrogens is 191 g/mol. The molecule has 0 aliphatic rings. The van der Waals surface area contributed by atoms with Crippen molar-refractivity contribution < 1.29 is 12.8 Å². The van der Waals surface area contributed by atoms with E-state index in [0.29, 0.717) is 0 Å². The van der Waals surface area contributed by atoms with Crippen LogP contribution in [0, 0.1) is 12.7 Å². The minimum absolute atomic E-state index is 0.00269. The molecule has 1 aromatic carbocycles. The van der Waals surface area contributed by atoms with Crippen molar-refractivity contribution in [3.63, 3.8) is 0 Å². The second-order valence-corrected chi connectivity index (χ2v) is 5.01. The van der Waals surface area contributed by atoms with E-state index in [-0.39, 0.29) is 16.2 Å². The van der Waals surface area contributed by atoms with Gasteiger partial charge in [-0.05, 0) is 19.1 Å². The Morgan fingerprint density at radius 1 is 1.38 bits per heavy atom. The molecule has 13 heavy (non-hydrogen) atoms. The Hall–Kier alpha value is -0.900. The summed E-state index contributed by atoms with van der Waals surface area (Å²) in [5.74, 6) is -0.480. The van der Waals surface area contributed by atoms with Gasteiger partial charge in [0.05, 0.1) is 10.6 Å². The van der Waals surface area contributed by atoms with Crippen LogP contribution in [0.15, 0.2) is 23.1 Å². The molecule has 72 valence electrons. The first kappa shape index (κ1) is 10.2. The van der Waals surface area contributed by atoms with E-state index in [0.717, 1.165) is 0 Å². The molecule has 0 amide bonds. The number of rotatable bonds is 2. The highest BCUT2D eigenvalue weighted by Crippen LogP contribution is 2.18. The Kier molecular flexibility index (Phi) is 2.71. The van der Waals surface area contributed by atoms with Crippen LogP contribution in [0.5, 0.6) is 0 Å². The standard InChI is InChI=1S/C9H11FO2S/c1-3-13(11,12)9-6-4-5-8(10)7(9)2/h4-6H,3H2,1-2H3. The normalized spacial score (nSPS) is 11.6. The maximum Gasteiger partial charge on any atom is 0.178 e. The van der Waals surface area contributed by atoms with Crippen molar-refractivity contribution in [2.75, 3.05) is 5.75 Å². The third-order valence-corrected chi connectivity index (χ3v) is 3.81. The average Bonchev–Trinajstić information content (AvgIpc) is 2.09. The van der Waals surface area contributed by atoms with Crippen molar-refractivity contribution in [1.82, 2.24) is 0 Å². The first-order valence-corrected chi connectivity index (χ1v) is 5.62. The zero-order valence-electron chi connectivity index (χ0n) is 7.54. The van der Waals surface area contributed by atoms with Crippen molar-refractivity contribution in [3.8, 4) is 0 Å². The topological polar surface area (TPSA) is 34.1 Å². The molecule has 0 heterocycles. The van der Waals surface area contributed by atoms with Crippen LogP contribution >= 0.6 is 0 Å². The van der Waals surface area contributed by atoms with Gasteiger partial charge in [0.15, 0.2) is 9.84 Å². The highest BCUT2D eigenvalue weighted by Gasteiger charge is 2.15. The van der Waals surface area contributed by atoms with Gasteiger partial charge < -0.3 is 0 Å². The molecule has 0 aromatic heterocycles. The third-order valence-electron chi connectivity index (χ3n) is 1.93. The van der Waals surface area contributed by atoms with Gasteiger partial charge in [0.1, 0.15) is 5.82 Å². The van der Waals surface area contributed by atoms with Crippen LogP contribution in [-0.4, -0.2) is 14.2 Å². The molecule has 0 radical (unpaired) electrons. The number of hydrogen-bond donors (Lipinski definition) is 0. The van der Waals surface area contributed by atoms with Crippen LogP contribution in [0.4, 0.5) is 4.39 Å². The summed E-state index contributed by atoms with van der Waals surface area (Å²) < 4.78 is 35.8. The zero-order valence-corrected chi connectivity index (χ0v) is 8.36. The summed E-state index contributed by atoms with van der Waals surface area (Å²) in [4.78, 5) is 0.0926.